The Morgan fingerprint density at radius 1 is 0.851 bits per heavy atom. The summed E-state index contributed by atoms with van der Waals surface area (Å²) in [5.41, 5.74) is 8.63. The number of nitrogens with zero attached hydrogens (tertiary/aromatic N) is 3. The Morgan fingerprint density at radius 2 is 1.45 bits per heavy atom. The lowest BCUT2D eigenvalue weighted by Crippen LogP contribution is -2.48. The molecule has 0 fully saturated rings. The van der Waals surface area contributed by atoms with Gasteiger partial charge in [-0.3, -0.25) is 14.1 Å². The number of carboxylic acid groups (broad SMARTS) is 2. The number of rotatable bonds is 18. The summed E-state index contributed by atoms with van der Waals surface area (Å²) >= 11 is 0. The van der Waals surface area contributed by atoms with Crippen LogP contribution in [0.1, 0.15) is 84.0 Å². The molecule has 0 bridgehead atoms. The molecule has 0 aromatic heterocycles. The summed E-state index contributed by atoms with van der Waals surface area (Å²) in [6, 6.07) is 15.6. The average molecular weight is 650 g/mol. The normalized spacial score (nSPS) is 12.0. The summed E-state index contributed by atoms with van der Waals surface area (Å²) in [5.74, 6) is -2.77. The number of carbonyl (C=O) groups is 3. The molecule has 0 saturated heterocycles. The molecule has 3 aromatic carbocycles. The number of anilines is 1. The first-order chi connectivity index (χ1) is 22.3. The third kappa shape index (κ3) is 14.6. The number of phenols is 1. The van der Waals surface area contributed by atoms with Crippen molar-refractivity contribution in [3.8, 4) is 5.75 Å². The molecule has 11 heteroatoms. The smallest absolute Gasteiger partial charge is 0.303 e. The van der Waals surface area contributed by atoms with Crippen LogP contribution in [-0.2, 0) is 14.4 Å². The maximum Gasteiger partial charge on any atom is 0.303 e. The molecule has 256 valence electrons. The van der Waals surface area contributed by atoms with Crippen LogP contribution in [0.25, 0.3) is 10.8 Å². The molecule has 0 saturated carbocycles. The first kappa shape index (κ1) is 38.7. The highest BCUT2D eigenvalue weighted by Gasteiger charge is 2.16. The Kier molecular flexibility index (Phi) is 16.4. The summed E-state index contributed by atoms with van der Waals surface area (Å²) in [4.78, 5) is 33.0. The van der Waals surface area contributed by atoms with Crippen LogP contribution >= 0.6 is 0 Å². The fraction of sp³-hybridized carbons (Fsp3) is 0.472. The highest BCUT2D eigenvalue weighted by atomic mass is 16.4. The number of nitrogens with two attached hydrogens (primary N) is 1. The Labute approximate surface area is 278 Å². The minimum atomic E-state index is -1.44. The van der Waals surface area contributed by atoms with Crippen molar-refractivity contribution in [1.82, 2.24) is 9.80 Å². The fourth-order valence-electron chi connectivity index (χ4n) is 4.83. The number of hydrogen-bond donors (Lipinski definition) is 4. The first-order valence-electron chi connectivity index (χ1n) is 16.4. The highest BCUT2D eigenvalue weighted by molar-refractivity contribution is 5.97. The summed E-state index contributed by atoms with van der Waals surface area (Å²) in [7, 11) is 6.29. The summed E-state index contributed by atoms with van der Waals surface area (Å²) in [5, 5.41) is 42.4. The van der Waals surface area contributed by atoms with Crippen molar-refractivity contribution in [2.45, 2.75) is 90.0 Å². The molecule has 1 atom stereocenters. The molecule has 0 aliphatic heterocycles. The van der Waals surface area contributed by atoms with Gasteiger partial charge < -0.3 is 31.2 Å². The largest absolute Gasteiger partial charge is 0.548 e. The predicted octanol–water partition coefficient (Wildman–Crippen LogP) is 6.75. The Balaban J connectivity index is 0.000000328. The summed E-state index contributed by atoms with van der Waals surface area (Å²) in [6.45, 7) is 2.19. The lowest BCUT2D eigenvalue weighted by atomic mass is 10.1. The zero-order chi connectivity index (χ0) is 34.8. The molecule has 0 aliphatic rings. The molecule has 47 heavy (non-hydrogen) atoms. The minimum Gasteiger partial charge on any atom is -0.548 e. The third-order valence-electron chi connectivity index (χ3n) is 7.66. The van der Waals surface area contributed by atoms with Crippen molar-refractivity contribution in [2.24, 2.45) is 10.2 Å². The molecule has 0 heterocycles. The number of aliphatic carboxylic acids is 2. The van der Waals surface area contributed by atoms with Crippen molar-refractivity contribution in [3.63, 3.8) is 0 Å². The van der Waals surface area contributed by atoms with Gasteiger partial charge in [0.15, 0.2) is 0 Å². The van der Waals surface area contributed by atoms with E-state index in [9.17, 15) is 24.6 Å². The van der Waals surface area contributed by atoms with Crippen LogP contribution in [0.5, 0.6) is 5.75 Å². The van der Waals surface area contributed by atoms with Gasteiger partial charge in [0.1, 0.15) is 17.1 Å². The number of amides is 1. The van der Waals surface area contributed by atoms with Crippen LogP contribution in [0.3, 0.4) is 0 Å². The zero-order valence-corrected chi connectivity index (χ0v) is 28.2. The topological polar surface area (TPSA) is 178 Å². The van der Waals surface area contributed by atoms with E-state index in [0.717, 1.165) is 35.7 Å². The summed E-state index contributed by atoms with van der Waals surface area (Å²) < 4.78 is 0.681. The van der Waals surface area contributed by atoms with E-state index >= 15 is 0 Å². The monoisotopic (exact) mass is 649 g/mol. The SMILES string of the molecule is CCCCCCCCCCCC(=O)NC(CCC(=O)O)C(=O)[O-].C[N+](C)(C)c1ccc2ccc(O)c(N=Nc3ccc(N)cc3)c2c1. The second kappa shape index (κ2) is 19.9. The zero-order valence-electron chi connectivity index (χ0n) is 28.2. The number of hydrogen-bond acceptors (Lipinski definition) is 8. The minimum absolute atomic E-state index is 0.111. The van der Waals surface area contributed by atoms with Gasteiger partial charge in [-0.1, -0.05) is 64.4 Å². The molecule has 3 rings (SSSR count). The molecule has 11 nitrogen and oxygen atoms in total. The van der Waals surface area contributed by atoms with Crippen molar-refractivity contribution >= 4 is 51.4 Å². The van der Waals surface area contributed by atoms with Gasteiger partial charge in [-0.05, 0) is 60.7 Å². The Morgan fingerprint density at radius 3 is 2.02 bits per heavy atom. The van der Waals surface area contributed by atoms with Gasteiger partial charge in [-0.2, -0.15) is 5.11 Å². The van der Waals surface area contributed by atoms with E-state index in [-0.39, 0.29) is 30.9 Å². The summed E-state index contributed by atoms with van der Waals surface area (Å²) in [6.07, 6.45) is 10.1. The van der Waals surface area contributed by atoms with E-state index in [1.165, 1.54) is 38.5 Å². The second-order valence-corrected chi connectivity index (χ2v) is 12.6. The van der Waals surface area contributed by atoms with Crippen LogP contribution in [-0.4, -0.2) is 55.2 Å². The quantitative estimate of drug-likeness (QED) is 0.0510. The highest BCUT2D eigenvalue weighted by Crippen LogP contribution is 2.38. The van der Waals surface area contributed by atoms with Crippen LogP contribution in [0.4, 0.5) is 22.7 Å². The van der Waals surface area contributed by atoms with Crippen LogP contribution in [0, 0.1) is 0 Å². The number of azo groups is 1. The van der Waals surface area contributed by atoms with E-state index < -0.39 is 18.0 Å². The van der Waals surface area contributed by atoms with Crippen molar-refractivity contribution in [1.29, 1.82) is 0 Å². The lowest BCUT2D eigenvalue weighted by Gasteiger charge is -2.23. The molecule has 3 aromatic rings. The van der Waals surface area contributed by atoms with Crippen LogP contribution in [0.2, 0.25) is 0 Å². The number of carbonyl (C=O) groups excluding carboxylic acids is 2. The van der Waals surface area contributed by atoms with Gasteiger partial charge in [-0.15, -0.1) is 5.11 Å². The van der Waals surface area contributed by atoms with Crippen LogP contribution in [0.15, 0.2) is 64.8 Å². The van der Waals surface area contributed by atoms with Crippen LogP contribution < -0.4 is 20.6 Å². The van der Waals surface area contributed by atoms with E-state index in [2.05, 4.69) is 49.7 Å². The number of nitrogen functional groups attached to an aromatic ring is 1. The molecule has 0 radical (unpaired) electrons. The van der Waals surface area contributed by atoms with Gasteiger partial charge in [0, 0.05) is 30.0 Å². The van der Waals surface area contributed by atoms with Gasteiger partial charge in [0.2, 0.25) is 5.91 Å². The van der Waals surface area contributed by atoms with Gasteiger partial charge in [0.05, 0.1) is 38.8 Å². The predicted molar refractivity (Wildman–Crippen MR) is 186 cm³/mol. The standard InChI is InChI=1S/C19H20N4O.C17H31NO5/c1-23(2,3)16-10-4-13-5-11-18(24)19(17(13)12-16)22-21-15-8-6-14(20)7-9-15;1-2-3-4-5-6-7-8-9-10-11-15(19)18-14(17(22)23)12-13-16(20)21/h4-12H,1-3H3,(H2-,20,21,22,24);14H,2-13H2,1H3,(H,18,19)(H,20,21)(H,22,23). The maximum absolute atomic E-state index is 11.7. The number of benzene rings is 3. The molecule has 1 unspecified atom stereocenters. The number of phenolic OH excluding ortho intramolecular Hbond substituents is 1. The number of aromatic hydroxyl groups is 1. The van der Waals surface area contributed by atoms with Crippen molar-refractivity contribution in [3.05, 3.63) is 54.6 Å². The van der Waals surface area contributed by atoms with E-state index in [4.69, 9.17) is 10.8 Å². The van der Waals surface area contributed by atoms with E-state index in [0.29, 0.717) is 21.5 Å². The molecule has 1 amide bonds. The van der Waals surface area contributed by atoms with Gasteiger partial charge >= 0.3 is 5.97 Å². The second-order valence-electron chi connectivity index (χ2n) is 12.6. The number of fused-ring (bicyclic) bond motifs is 1. The third-order valence-corrected chi connectivity index (χ3v) is 7.66. The molecule has 0 aliphatic carbocycles. The van der Waals surface area contributed by atoms with Gasteiger partial charge in [0.25, 0.3) is 0 Å². The van der Waals surface area contributed by atoms with Crippen molar-refractivity contribution in [2.75, 3.05) is 26.9 Å². The lowest BCUT2D eigenvalue weighted by molar-refractivity contribution is -0.308. The van der Waals surface area contributed by atoms with Crippen molar-refractivity contribution < 1.29 is 29.7 Å². The number of nitrogens with one attached hydrogen (secondary N) is 1. The number of carboxylic acids is 2. The number of unbranched alkanes of at least 4 members (excludes halogenated alkanes) is 8. The van der Waals surface area contributed by atoms with E-state index in [1.54, 1.807) is 30.3 Å². The molecular weight excluding hydrogens is 598 g/mol. The molecular formula is C36H51N5O6. The van der Waals surface area contributed by atoms with E-state index in [1.807, 2.05) is 18.2 Å². The maximum atomic E-state index is 11.7. The van der Waals surface area contributed by atoms with Gasteiger partial charge in [-0.25, -0.2) is 0 Å². The Bertz CT molecular complexity index is 1470. The number of quaternary nitrogens is 1. The first-order valence-corrected chi connectivity index (χ1v) is 16.4. The Hall–Kier alpha value is -4.51. The molecule has 5 N–H and O–H groups in total. The average Bonchev–Trinajstić information content (AvgIpc) is 3.02. The fourth-order valence-corrected chi connectivity index (χ4v) is 4.83. The molecule has 0 spiro atoms.